The first kappa shape index (κ1) is 23.8. The number of anilines is 1. The van der Waals surface area contributed by atoms with Crippen LogP contribution >= 0.6 is 0 Å². The summed E-state index contributed by atoms with van der Waals surface area (Å²) in [5, 5.41) is 18.7. The van der Waals surface area contributed by atoms with Crippen molar-refractivity contribution in [2.24, 2.45) is 0 Å². The summed E-state index contributed by atoms with van der Waals surface area (Å²) in [6.07, 6.45) is 5.25. The second-order valence-electron chi connectivity index (χ2n) is 9.14. The Labute approximate surface area is 194 Å². The molecule has 0 radical (unpaired) electrons. The largest absolute Gasteiger partial charge is 0.487 e. The van der Waals surface area contributed by atoms with Gasteiger partial charge >= 0.3 is 6.03 Å². The van der Waals surface area contributed by atoms with Crippen molar-refractivity contribution >= 4 is 17.6 Å². The summed E-state index contributed by atoms with van der Waals surface area (Å²) in [6, 6.07) is 5.66. The van der Waals surface area contributed by atoms with E-state index in [1.165, 1.54) is 6.42 Å². The Bertz CT molecular complexity index is 828. The number of carbonyl (C=O) groups is 2. The van der Waals surface area contributed by atoms with E-state index in [4.69, 9.17) is 14.2 Å². The average Bonchev–Trinajstić information content (AvgIpc) is 3.17. The molecule has 4 atom stereocenters. The van der Waals surface area contributed by atoms with E-state index in [9.17, 15) is 14.7 Å². The molecule has 2 fully saturated rings. The van der Waals surface area contributed by atoms with Gasteiger partial charge in [-0.05, 0) is 37.5 Å². The van der Waals surface area contributed by atoms with Crippen molar-refractivity contribution in [2.75, 3.05) is 32.2 Å². The summed E-state index contributed by atoms with van der Waals surface area (Å²) in [5.74, 6) is 0.599. The van der Waals surface area contributed by atoms with Gasteiger partial charge in [-0.1, -0.05) is 19.3 Å². The van der Waals surface area contributed by atoms with Crippen LogP contribution in [-0.2, 0) is 14.3 Å². The van der Waals surface area contributed by atoms with E-state index in [0.717, 1.165) is 37.0 Å². The van der Waals surface area contributed by atoms with Crippen molar-refractivity contribution in [3.8, 4) is 5.75 Å². The molecule has 1 saturated carbocycles. The zero-order valence-electron chi connectivity index (χ0n) is 19.2. The Hall–Kier alpha value is -2.36. The molecule has 1 saturated heterocycles. The maximum atomic E-state index is 12.5. The predicted molar refractivity (Wildman–Crippen MR) is 122 cm³/mol. The first-order valence-corrected chi connectivity index (χ1v) is 12.0. The van der Waals surface area contributed by atoms with Gasteiger partial charge in [0.1, 0.15) is 18.0 Å². The Morgan fingerprint density at radius 1 is 1.21 bits per heavy atom. The molecule has 4 N–H and O–H groups in total. The van der Waals surface area contributed by atoms with Gasteiger partial charge in [0.25, 0.3) is 0 Å². The van der Waals surface area contributed by atoms with Gasteiger partial charge in [0.05, 0.1) is 25.7 Å². The molecule has 2 aliphatic heterocycles. The third-order valence-electron chi connectivity index (χ3n) is 6.74. The summed E-state index contributed by atoms with van der Waals surface area (Å²) < 4.78 is 17.1. The summed E-state index contributed by atoms with van der Waals surface area (Å²) >= 11 is 0. The van der Waals surface area contributed by atoms with E-state index in [1.807, 2.05) is 18.2 Å². The lowest BCUT2D eigenvalue weighted by Gasteiger charge is -2.37. The molecule has 0 aromatic heterocycles. The molecule has 3 aliphatic rings. The van der Waals surface area contributed by atoms with Crippen LogP contribution in [0.5, 0.6) is 5.75 Å². The number of benzene rings is 1. The molecular weight excluding hydrogens is 426 g/mol. The van der Waals surface area contributed by atoms with Gasteiger partial charge in [0.2, 0.25) is 5.91 Å². The van der Waals surface area contributed by atoms with Crippen molar-refractivity contribution in [1.82, 2.24) is 10.6 Å². The summed E-state index contributed by atoms with van der Waals surface area (Å²) in [5.41, 5.74) is 1.68. The zero-order chi connectivity index (χ0) is 23.2. The number of fused-ring (bicyclic) bond motifs is 3. The molecular formula is C24H35N3O6. The fourth-order valence-corrected chi connectivity index (χ4v) is 5.14. The van der Waals surface area contributed by atoms with Gasteiger partial charge in [-0.3, -0.25) is 4.79 Å². The highest BCUT2D eigenvalue weighted by molar-refractivity contribution is 5.89. The third kappa shape index (κ3) is 5.96. The minimum absolute atomic E-state index is 0.0224. The van der Waals surface area contributed by atoms with Gasteiger partial charge in [-0.2, -0.15) is 0 Å². The van der Waals surface area contributed by atoms with Crippen molar-refractivity contribution in [2.45, 2.75) is 75.2 Å². The molecule has 0 bridgehead atoms. The Kier molecular flexibility index (Phi) is 8.06. The standard InChI is InChI=1S/C24H35N3O6/c1-31-10-9-25-22(29)13-17-12-19-18-11-16(27-24(30)26-15-5-3-2-4-6-15)7-8-20(18)33-23(19)21(14-28)32-17/h7-8,11,15,17,19,21,23,28H,2-6,9-10,12-14H2,1H3,(H,25,29)(H2,26,27,30)/t17-,19-,21+,23+/m0/s1. The topological polar surface area (TPSA) is 118 Å². The lowest BCUT2D eigenvalue weighted by atomic mass is 9.84. The highest BCUT2D eigenvalue weighted by atomic mass is 16.6. The molecule has 0 unspecified atom stereocenters. The maximum absolute atomic E-state index is 12.5. The third-order valence-corrected chi connectivity index (χ3v) is 6.74. The minimum Gasteiger partial charge on any atom is -0.487 e. The molecule has 4 rings (SSSR count). The number of hydrogen-bond donors (Lipinski definition) is 4. The second-order valence-corrected chi connectivity index (χ2v) is 9.14. The number of urea groups is 1. The molecule has 182 valence electrons. The van der Waals surface area contributed by atoms with Crippen molar-refractivity contribution in [3.63, 3.8) is 0 Å². The zero-order valence-corrected chi connectivity index (χ0v) is 19.2. The maximum Gasteiger partial charge on any atom is 0.319 e. The molecule has 9 heteroatoms. The minimum atomic E-state index is -0.515. The van der Waals surface area contributed by atoms with E-state index in [-0.39, 0.29) is 49.1 Å². The predicted octanol–water partition coefficient (Wildman–Crippen LogP) is 2.29. The van der Waals surface area contributed by atoms with Crippen LogP contribution in [0.3, 0.4) is 0 Å². The van der Waals surface area contributed by atoms with Crippen LogP contribution < -0.4 is 20.7 Å². The van der Waals surface area contributed by atoms with Crippen LogP contribution in [0.25, 0.3) is 0 Å². The van der Waals surface area contributed by atoms with Gasteiger partial charge in [0, 0.05) is 36.9 Å². The number of rotatable bonds is 8. The van der Waals surface area contributed by atoms with Gasteiger partial charge in [-0.15, -0.1) is 0 Å². The lowest BCUT2D eigenvalue weighted by molar-refractivity contribution is -0.142. The SMILES string of the molecule is COCCNC(=O)C[C@@H]1C[C@H]2c3cc(NC(=O)NC4CCCCC4)ccc3O[C@H]2[C@@H](CO)O1. The van der Waals surface area contributed by atoms with Crippen LogP contribution in [0.2, 0.25) is 0 Å². The fraction of sp³-hybridized carbons (Fsp3) is 0.667. The number of aliphatic hydroxyl groups is 1. The normalized spacial score (nSPS) is 26.6. The van der Waals surface area contributed by atoms with E-state index in [2.05, 4.69) is 16.0 Å². The Balaban J connectivity index is 1.40. The number of methoxy groups -OCH3 is 1. The van der Waals surface area contributed by atoms with Gasteiger partial charge in [-0.25, -0.2) is 4.79 Å². The van der Waals surface area contributed by atoms with E-state index in [0.29, 0.717) is 25.3 Å². The van der Waals surface area contributed by atoms with Crippen molar-refractivity contribution in [1.29, 1.82) is 0 Å². The van der Waals surface area contributed by atoms with E-state index in [1.54, 1.807) is 7.11 Å². The Morgan fingerprint density at radius 3 is 2.79 bits per heavy atom. The number of ether oxygens (including phenoxy) is 3. The van der Waals surface area contributed by atoms with E-state index >= 15 is 0 Å². The molecule has 2 heterocycles. The summed E-state index contributed by atoms with van der Waals surface area (Å²) in [6.45, 7) is 0.708. The van der Waals surface area contributed by atoms with Crippen LogP contribution in [-0.4, -0.2) is 68.3 Å². The molecule has 0 spiro atoms. The van der Waals surface area contributed by atoms with Crippen LogP contribution in [0.4, 0.5) is 10.5 Å². The number of aliphatic hydroxyl groups excluding tert-OH is 1. The lowest BCUT2D eigenvalue weighted by Crippen LogP contribution is -2.47. The summed E-state index contributed by atoms with van der Waals surface area (Å²) in [7, 11) is 1.59. The summed E-state index contributed by atoms with van der Waals surface area (Å²) in [4.78, 5) is 24.7. The average molecular weight is 462 g/mol. The van der Waals surface area contributed by atoms with Gasteiger partial charge in [0.15, 0.2) is 0 Å². The molecule has 33 heavy (non-hydrogen) atoms. The van der Waals surface area contributed by atoms with Crippen LogP contribution in [0, 0.1) is 0 Å². The molecule has 3 amide bonds. The Morgan fingerprint density at radius 2 is 2.03 bits per heavy atom. The highest BCUT2D eigenvalue weighted by Crippen LogP contribution is 2.47. The van der Waals surface area contributed by atoms with Crippen molar-refractivity contribution < 1.29 is 28.9 Å². The first-order chi connectivity index (χ1) is 16.1. The highest BCUT2D eigenvalue weighted by Gasteiger charge is 2.46. The number of nitrogens with one attached hydrogen (secondary N) is 3. The first-order valence-electron chi connectivity index (χ1n) is 12.0. The second kappa shape index (κ2) is 11.2. The van der Waals surface area contributed by atoms with Crippen molar-refractivity contribution in [3.05, 3.63) is 23.8 Å². The fourth-order valence-electron chi connectivity index (χ4n) is 5.14. The molecule has 1 aromatic rings. The van der Waals surface area contributed by atoms with Crippen LogP contribution in [0.1, 0.15) is 56.4 Å². The van der Waals surface area contributed by atoms with Gasteiger partial charge < -0.3 is 35.3 Å². The molecule has 9 nitrogen and oxygen atoms in total. The number of amides is 3. The number of hydrogen-bond acceptors (Lipinski definition) is 6. The monoisotopic (exact) mass is 461 g/mol. The van der Waals surface area contributed by atoms with Crippen LogP contribution in [0.15, 0.2) is 18.2 Å². The number of carbonyl (C=O) groups excluding carboxylic acids is 2. The molecule has 1 aliphatic carbocycles. The van der Waals surface area contributed by atoms with E-state index < -0.39 is 6.10 Å². The smallest absolute Gasteiger partial charge is 0.319 e. The quantitative estimate of drug-likeness (QED) is 0.441. The molecule has 1 aromatic carbocycles.